The molecule has 2 heterocycles. The number of aliphatic hydroxyl groups is 1. The molecule has 2 rings (SSSR count). The average molecular weight is 414 g/mol. The molecule has 76 valence electrons. The van der Waals surface area contributed by atoms with Gasteiger partial charge in [-0.1, -0.05) is 0 Å². The molecular formula is C6H5BiO6S. The van der Waals surface area contributed by atoms with Gasteiger partial charge in [-0.25, -0.2) is 0 Å². The standard InChI is InChI=1S/C6H8O6S.Bi/c7-3(8)1-6(12,5(10)11)2-4(9)13;/h12H,1-2H2,(H,7,8)(H,9,13)(H,10,11);/q;+3/p-3. The number of fused-ring (bicyclic) bond motifs is 3. The summed E-state index contributed by atoms with van der Waals surface area (Å²) in [6, 6.07) is 0. The topological polar surface area (TPSA) is 82.1 Å². The van der Waals surface area contributed by atoms with Gasteiger partial charge in [-0.3, -0.25) is 0 Å². The summed E-state index contributed by atoms with van der Waals surface area (Å²) in [5.74, 6) is -1.53. The van der Waals surface area contributed by atoms with E-state index in [0.29, 0.717) is 0 Å². The van der Waals surface area contributed by atoms with Gasteiger partial charge in [0.2, 0.25) is 0 Å². The van der Waals surface area contributed by atoms with Crippen molar-refractivity contribution in [3.63, 3.8) is 0 Å². The average Bonchev–Trinajstić information content (AvgIpc) is 2.13. The molecule has 2 fully saturated rings. The number of thiocarbonyl (C=S) groups is 1. The van der Waals surface area contributed by atoms with Crippen LogP contribution in [0.1, 0.15) is 12.8 Å². The maximum atomic E-state index is 11.3. The van der Waals surface area contributed by atoms with Crippen molar-refractivity contribution in [2.45, 2.75) is 18.4 Å². The van der Waals surface area contributed by atoms with Gasteiger partial charge >= 0.3 is 93.9 Å². The van der Waals surface area contributed by atoms with Crippen molar-refractivity contribution < 1.29 is 23.1 Å². The molecule has 14 heavy (non-hydrogen) atoms. The Kier molecular flexibility index (Phi) is 2.45. The van der Waals surface area contributed by atoms with Crippen LogP contribution < -0.4 is 0 Å². The molecule has 1 unspecified atom stereocenters. The molecule has 6 nitrogen and oxygen atoms in total. The normalized spacial score (nSPS) is 32.8. The summed E-state index contributed by atoms with van der Waals surface area (Å²) < 4.78 is 14.5. The predicted molar refractivity (Wildman–Crippen MR) is 45.8 cm³/mol. The molecule has 2 aliphatic heterocycles. The molecule has 0 aromatic rings. The fourth-order valence-corrected chi connectivity index (χ4v) is 5.31. The van der Waals surface area contributed by atoms with E-state index in [4.69, 9.17) is 20.7 Å². The van der Waals surface area contributed by atoms with Crippen LogP contribution in [0, 0.1) is 0 Å². The zero-order chi connectivity index (χ0) is 10.3. The van der Waals surface area contributed by atoms with E-state index in [2.05, 4.69) is 0 Å². The summed E-state index contributed by atoms with van der Waals surface area (Å²) in [5.41, 5.74) is -1.89. The minimum absolute atomic E-state index is 0.0728. The second-order valence-electron chi connectivity index (χ2n) is 2.91. The molecule has 1 N–H and O–H groups in total. The summed E-state index contributed by atoms with van der Waals surface area (Å²) in [7, 11) is 0. The second kappa shape index (κ2) is 3.36. The Morgan fingerprint density at radius 1 is 1.29 bits per heavy atom. The molecular weight excluding hydrogens is 409 g/mol. The summed E-state index contributed by atoms with van der Waals surface area (Å²) in [6.45, 7) is 0. The van der Waals surface area contributed by atoms with Crippen LogP contribution >= 0.6 is 12.2 Å². The van der Waals surface area contributed by atoms with Gasteiger partial charge in [0.25, 0.3) is 0 Å². The molecule has 0 spiro atoms. The fourth-order valence-electron chi connectivity index (χ4n) is 1.12. The number of hydrogen-bond donors (Lipinski definition) is 1. The summed E-state index contributed by atoms with van der Waals surface area (Å²) in [5, 5.41) is 9.85. The number of hydrogen-bond acceptors (Lipinski definition) is 7. The van der Waals surface area contributed by atoms with Crippen LogP contribution in [-0.4, -0.2) is 50.8 Å². The molecule has 8 heteroatoms. The molecule has 1 atom stereocenters. The van der Waals surface area contributed by atoms with E-state index in [9.17, 15) is 14.7 Å². The van der Waals surface area contributed by atoms with Crippen LogP contribution in [0.3, 0.4) is 0 Å². The zero-order valence-corrected chi connectivity index (χ0v) is 11.1. The van der Waals surface area contributed by atoms with Crippen LogP contribution in [0.5, 0.6) is 0 Å². The van der Waals surface area contributed by atoms with E-state index in [1.807, 2.05) is 0 Å². The van der Waals surface area contributed by atoms with Gasteiger partial charge in [0.1, 0.15) is 0 Å². The van der Waals surface area contributed by atoms with E-state index in [0.717, 1.165) is 0 Å². The van der Waals surface area contributed by atoms with Crippen molar-refractivity contribution >= 4 is 52.3 Å². The van der Waals surface area contributed by atoms with Crippen molar-refractivity contribution in [1.82, 2.24) is 0 Å². The van der Waals surface area contributed by atoms with Gasteiger partial charge in [0, 0.05) is 0 Å². The molecule has 2 saturated heterocycles. The molecule has 0 saturated carbocycles. The molecule has 0 aromatic carbocycles. The monoisotopic (exact) mass is 414 g/mol. The van der Waals surface area contributed by atoms with Crippen molar-refractivity contribution in [1.29, 1.82) is 0 Å². The Bertz CT molecular complexity index is 308. The van der Waals surface area contributed by atoms with Gasteiger partial charge in [0.15, 0.2) is 0 Å². The Hall–Kier alpha value is -0.327. The van der Waals surface area contributed by atoms with E-state index in [1.54, 1.807) is 0 Å². The first-order chi connectivity index (χ1) is 6.49. The molecule has 0 aromatic heterocycles. The predicted octanol–water partition coefficient (Wildman–Crippen LogP) is -1.06. The molecule has 0 amide bonds. The Labute approximate surface area is 93.7 Å². The summed E-state index contributed by atoms with van der Waals surface area (Å²) in [4.78, 5) is 22.4. The first kappa shape index (κ1) is 10.2. The number of carbonyl (C=O) groups is 2. The van der Waals surface area contributed by atoms with Crippen molar-refractivity contribution in [3.05, 3.63) is 0 Å². The minimum atomic E-state index is -3.49. The van der Waals surface area contributed by atoms with E-state index in [-0.39, 0.29) is 11.5 Å². The Balaban J connectivity index is 2.39. The van der Waals surface area contributed by atoms with Crippen LogP contribution in [0.2, 0.25) is 0 Å². The third-order valence-corrected chi connectivity index (χ3v) is 6.53. The van der Waals surface area contributed by atoms with Crippen LogP contribution in [0.25, 0.3) is 0 Å². The van der Waals surface area contributed by atoms with Crippen molar-refractivity contribution in [2.24, 2.45) is 0 Å². The molecule has 0 radical (unpaired) electrons. The zero-order valence-electron chi connectivity index (χ0n) is 6.76. The summed E-state index contributed by atoms with van der Waals surface area (Å²) >= 11 is 1.26. The molecule has 2 aliphatic rings. The van der Waals surface area contributed by atoms with E-state index < -0.39 is 47.0 Å². The first-order valence-corrected chi connectivity index (χ1v) is 8.33. The first-order valence-electron chi connectivity index (χ1n) is 3.66. The maximum absolute atomic E-state index is 11.3. The molecule has 0 aliphatic carbocycles. The van der Waals surface area contributed by atoms with Gasteiger partial charge in [-0.15, -0.1) is 0 Å². The van der Waals surface area contributed by atoms with Crippen LogP contribution in [-0.2, 0) is 18.0 Å². The third-order valence-electron chi connectivity index (χ3n) is 1.76. The van der Waals surface area contributed by atoms with E-state index in [1.165, 1.54) is 0 Å². The molecule has 2 bridgehead atoms. The number of rotatable bonds is 0. The van der Waals surface area contributed by atoms with E-state index >= 15 is 0 Å². The Morgan fingerprint density at radius 2 is 2.00 bits per heavy atom. The van der Waals surface area contributed by atoms with Crippen molar-refractivity contribution in [2.75, 3.05) is 0 Å². The van der Waals surface area contributed by atoms with Crippen LogP contribution in [0.15, 0.2) is 0 Å². The second-order valence-corrected chi connectivity index (χ2v) is 7.24. The fraction of sp³-hybridized carbons (Fsp3) is 0.500. The third kappa shape index (κ3) is 1.74. The number of carbonyl (C=O) groups excluding carboxylic acids is 2. The van der Waals surface area contributed by atoms with Gasteiger partial charge in [-0.05, 0) is 0 Å². The SMILES string of the molecule is O=C1CC2(O)CC(=S)[O][Bi]([O]1)[O]C2=O. The quantitative estimate of drug-likeness (QED) is 0.400. The van der Waals surface area contributed by atoms with Gasteiger partial charge in [-0.2, -0.15) is 0 Å². The van der Waals surface area contributed by atoms with Gasteiger partial charge < -0.3 is 0 Å². The van der Waals surface area contributed by atoms with Crippen molar-refractivity contribution in [3.8, 4) is 0 Å². The Morgan fingerprint density at radius 3 is 2.71 bits per heavy atom. The van der Waals surface area contributed by atoms with Gasteiger partial charge in [0.05, 0.1) is 0 Å². The summed E-state index contributed by atoms with van der Waals surface area (Å²) in [6.07, 6.45) is -0.594. The van der Waals surface area contributed by atoms with Crippen LogP contribution in [0.4, 0.5) is 0 Å².